The number of nitro benzene ring substituents is 1. The first-order chi connectivity index (χ1) is 6.38. The Labute approximate surface area is 109 Å². The Kier molecular flexibility index (Phi) is 5.22. The van der Waals surface area contributed by atoms with Gasteiger partial charge in [0.15, 0.2) is 0 Å². The predicted octanol–water partition coefficient (Wildman–Crippen LogP) is 0.552. The topological polar surface area (TPSA) is 86.5 Å². The van der Waals surface area contributed by atoms with Crippen LogP contribution in [0.5, 0.6) is 5.75 Å². The normalized spacial score (nSPS) is 10.2. The van der Waals surface area contributed by atoms with Crippen LogP contribution in [0.4, 0.5) is 5.69 Å². The second kappa shape index (κ2) is 5.45. The maximum absolute atomic E-state index is 10.7. The fourth-order valence-electron chi connectivity index (χ4n) is 0.824. The molecule has 77 valence electrons. The first-order valence-electron chi connectivity index (χ1n) is 3.52. The Morgan fingerprint density at radius 1 is 1.40 bits per heavy atom. The maximum atomic E-state index is 10.7. The van der Waals surface area contributed by atoms with Crippen molar-refractivity contribution in [2.24, 2.45) is 0 Å². The van der Waals surface area contributed by atoms with Gasteiger partial charge < -0.3 is 4.18 Å². The number of hydrogen-bond donors (Lipinski definition) is 0. The number of nitrogens with zero attached hydrogens (tertiary/aromatic N) is 1. The number of non-ortho nitro benzene ring substituents is 1. The van der Waals surface area contributed by atoms with Crippen LogP contribution < -0.4 is 4.18 Å². The van der Waals surface area contributed by atoms with Crippen LogP contribution in [0.2, 0.25) is 0 Å². The van der Waals surface area contributed by atoms with E-state index in [1.54, 1.807) is 0 Å². The third-order valence-electron chi connectivity index (χ3n) is 1.28. The maximum Gasteiger partial charge on any atom is 0.306 e. The largest absolute Gasteiger partial charge is 0.382 e. The molecule has 0 bridgehead atoms. The molecule has 0 unspecified atom stereocenters. The number of rotatable bonds is 3. The van der Waals surface area contributed by atoms with Crippen molar-refractivity contribution in [3.8, 4) is 5.75 Å². The summed E-state index contributed by atoms with van der Waals surface area (Å²) >= 11 is 0. The summed E-state index contributed by atoms with van der Waals surface area (Å²) in [7, 11) is -3.64. The fraction of sp³-hybridized carbons (Fsp3) is 0.143. The molecular weight excluding hydrogens is 233 g/mol. The van der Waals surface area contributed by atoms with Crippen LogP contribution in [0.3, 0.4) is 0 Å². The molecule has 0 heterocycles. The van der Waals surface area contributed by atoms with Crippen molar-refractivity contribution in [2.45, 2.75) is 0 Å². The van der Waals surface area contributed by atoms with Gasteiger partial charge in [0.05, 0.1) is 17.2 Å². The second-order valence-electron chi connectivity index (χ2n) is 2.54. The van der Waals surface area contributed by atoms with Gasteiger partial charge in [-0.1, -0.05) is 6.07 Å². The van der Waals surface area contributed by atoms with Crippen LogP contribution in [0, 0.1) is 10.1 Å². The summed E-state index contributed by atoms with van der Waals surface area (Å²) in [5, 5.41) is 10.3. The average Bonchev–Trinajstić information content (AvgIpc) is 2.01. The van der Waals surface area contributed by atoms with E-state index < -0.39 is 15.0 Å². The van der Waals surface area contributed by atoms with E-state index in [1.165, 1.54) is 18.2 Å². The van der Waals surface area contributed by atoms with Gasteiger partial charge in [-0.15, -0.1) is 0 Å². The van der Waals surface area contributed by atoms with Crippen LogP contribution in [0.1, 0.15) is 0 Å². The molecule has 1 aromatic carbocycles. The van der Waals surface area contributed by atoms with Crippen molar-refractivity contribution in [1.29, 1.82) is 0 Å². The van der Waals surface area contributed by atoms with Gasteiger partial charge in [-0.25, -0.2) is 0 Å². The molecule has 15 heavy (non-hydrogen) atoms. The smallest absolute Gasteiger partial charge is 0.306 e. The molecular formula is C7H7NNaO5S. The van der Waals surface area contributed by atoms with Crippen molar-refractivity contribution in [2.75, 3.05) is 6.26 Å². The summed E-state index contributed by atoms with van der Waals surface area (Å²) in [4.78, 5) is 9.69. The Morgan fingerprint density at radius 2 is 2.00 bits per heavy atom. The Bertz CT molecular complexity index is 458. The van der Waals surface area contributed by atoms with E-state index in [1.807, 2.05) is 0 Å². The third-order valence-corrected chi connectivity index (χ3v) is 1.77. The number of nitro groups is 1. The van der Waals surface area contributed by atoms with Gasteiger partial charge >= 0.3 is 10.1 Å². The van der Waals surface area contributed by atoms with Gasteiger partial charge in [0.1, 0.15) is 5.75 Å². The third kappa shape index (κ3) is 5.12. The van der Waals surface area contributed by atoms with Crippen LogP contribution in [-0.2, 0) is 10.1 Å². The van der Waals surface area contributed by atoms with Crippen molar-refractivity contribution in [3.63, 3.8) is 0 Å². The van der Waals surface area contributed by atoms with E-state index in [2.05, 4.69) is 4.18 Å². The SMILES string of the molecule is CS(=O)(=O)Oc1cccc([N+](=O)[O-])c1.[Na]. The van der Waals surface area contributed by atoms with E-state index >= 15 is 0 Å². The van der Waals surface area contributed by atoms with Crippen LogP contribution in [-0.4, -0.2) is 49.2 Å². The van der Waals surface area contributed by atoms with Crippen LogP contribution in [0.25, 0.3) is 0 Å². The second-order valence-corrected chi connectivity index (χ2v) is 4.12. The van der Waals surface area contributed by atoms with E-state index in [0.29, 0.717) is 0 Å². The summed E-state index contributed by atoms with van der Waals surface area (Å²) in [6.45, 7) is 0. The zero-order valence-electron chi connectivity index (χ0n) is 8.21. The predicted molar refractivity (Wildman–Crippen MR) is 54.3 cm³/mol. The summed E-state index contributed by atoms with van der Waals surface area (Å²) in [5.74, 6) is -0.0679. The molecule has 0 saturated heterocycles. The van der Waals surface area contributed by atoms with Crippen LogP contribution in [0.15, 0.2) is 24.3 Å². The zero-order chi connectivity index (χ0) is 10.8. The quantitative estimate of drug-likeness (QED) is 0.333. The number of benzene rings is 1. The molecule has 1 aromatic rings. The minimum absolute atomic E-state index is 0. The van der Waals surface area contributed by atoms with E-state index in [4.69, 9.17) is 0 Å². The molecule has 0 aromatic heterocycles. The molecule has 0 atom stereocenters. The summed E-state index contributed by atoms with van der Waals surface area (Å²) in [6, 6.07) is 4.96. The van der Waals surface area contributed by atoms with E-state index in [0.717, 1.165) is 12.3 Å². The van der Waals surface area contributed by atoms with Crippen molar-refractivity contribution >= 4 is 45.4 Å². The number of hydrogen-bond acceptors (Lipinski definition) is 5. The van der Waals surface area contributed by atoms with E-state index in [-0.39, 0.29) is 41.0 Å². The van der Waals surface area contributed by atoms with Crippen molar-refractivity contribution in [1.82, 2.24) is 0 Å². The van der Waals surface area contributed by atoms with Gasteiger partial charge in [-0.05, 0) is 6.07 Å². The Balaban J connectivity index is 0.00000196. The van der Waals surface area contributed by atoms with Gasteiger partial charge in [-0.3, -0.25) is 10.1 Å². The minimum atomic E-state index is -3.64. The molecule has 1 radical (unpaired) electrons. The molecule has 6 nitrogen and oxygen atoms in total. The molecule has 0 saturated carbocycles. The Morgan fingerprint density at radius 3 is 2.47 bits per heavy atom. The monoisotopic (exact) mass is 240 g/mol. The van der Waals surface area contributed by atoms with Crippen LogP contribution >= 0.6 is 0 Å². The Hall–Kier alpha value is -0.630. The molecule has 0 fully saturated rings. The molecule has 0 N–H and O–H groups in total. The standard InChI is InChI=1S/C7H7NO5S.Na/c1-14(11,12)13-7-4-2-3-6(5-7)8(9)10;/h2-5H,1H3;. The summed E-state index contributed by atoms with van der Waals surface area (Å²) in [6.07, 6.45) is 0.867. The van der Waals surface area contributed by atoms with Gasteiger partial charge in [0, 0.05) is 35.6 Å². The summed E-state index contributed by atoms with van der Waals surface area (Å²) in [5.41, 5.74) is -0.217. The summed E-state index contributed by atoms with van der Waals surface area (Å²) < 4.78 is 25.8. The van der Waals surface area contributed by atoms with Crippen molar-refractivity contribution < 1.29 is 17.5 Å². The molecule has 0 aliphatic heterocycles. The molecule has 0 spiro atoms. The fourth-order valence-corrected chi connectivity index (χ4v) is 1.28. The minimum Gasteiger partial charge on any atom is -0.382 e. The first-order valence-corrected chi connectivity index (χ1v) is 5.34. The molecule has 0 aliphatic rings. The van der Waals surface area contributed by atoms with Gasteiger partial charge in [-0.2, -0.15) is 8.42 Å². The molecule has 0 amide bonds. The zero-order valence-corrected chi connectivity index (χ0v) is 11.0. The van der Waals surface area contributed by atoms with Gasteiger partial charge in [0.2, 0.25) is 0 Å². The average molecular weight is 240 g/mol. The molecule has 8 heteroatoms. The van der Waals surface area contributed by atoms with Gasteiger partial charge in [0.25, 0.3) is 5.69 Å². The van der Waals surface area contributed by atoms with E-state index in [9.17, 15) is 18.5 Å². The molecule has 0 aliphatic carbocycles. The van der Waals surface area contributed by atoms with Crippen molar-refractivity contribution in [3.05, 3.63) is 34.4 Å². The first kappa shape index (κ1) is 14.4. The molecule has 1 rings (SSSR count).